The summed E-state index contributed by atoms with van der Waals surface area (Å²) in [7, 11) is 0. The number of carbonyl (C=O) groups excluding carboxylic acids is 2. The second-order valence-corrected chi connectivity index (χ2v) is 8.96. The smallest absolute Gasteiger partial charge is 0.410 e. The largest absolute Gasteiger partial charge is 0.480 e. The van der Waals surface area contributed by atoms with Gasteiger partial charge in [0.1, 0.15) is 12.1 Å². The third-order valence-electron chi connectivity index (χ3n) is 3.94. The highest BCUT2D eigenvalue weighted by Gasteiger charge is 2.38. The molecule has 7 heteroatoms. The molecule has 0 spiro atoms. The predicted octanol–water partition coefficient (Wildman–Crippen LogP) is 2.59. The molecule has 1 rings (SSSR count). The van der Waals surface area contributed by atoms with E-state index in [2.05, 4.69) is 0 Å². The maximum Gasteiger partial charge on any atom is 0.410 e. The number of rotatable bonds is 3. The topological polar surface area (TPSA) is 87.2 Å². The molecule has 1 aliphatic heterocycles. The number of carbonyl (C=O) groups is 3. The molecule has 1 N–H and O–H groups in total. The van der Waals surface area contributed by atoms with Crippen molar-refractivity contribution in [2.75, 3.05) is 19.6 Å². The van der Waals surface area contributed by atoms with Gasteiger partial charge in [0.05, 0.1) is 6.04 Å². The molecule has 1 fully saturated rings. The summed E-state index contributed by atoms with van der Waals surface area (Å²) in [5, 5.41) is 9.22. The number of hydrogen-bond acceptors (Lipinski definition) is 4. The van der Waals surface area contributed by atoms with E-state index in [0.717, 1.165) is 0 Å². The van der Waals surface area contributed by atoms with Crippen molar-refractivity contribution < 1.29 is 24.2 Å². The van der Waals surface area contributed by atoms with Crippen LogP contribution in [0.5, 0.6) is 0 Å². The minimum absolute atomic E-state index is 0.148. The quantitative estimate of drug-likeness (QED) is 0.840. The first-order valence-corrected chi connectivity index (χ1v) is 8.71. The highest BCUT2D eigenvalue weighted by molar-refractivity contribution is 5.85. The summed E-state index contributed by atoms with van der Waals surface area (Å²) in [5.41, 5.74) is -1.29. The second-order valence-electron chi connectivity index (χ2n) is 8.96. The molecule has 0 saturated carbocycles. The van der Waals surface area contributed by atoms with Gasteiger partial charge in [-0.05, 0) is 33.1 Å². The van der Waals surface area contributed by atoms with E-state index >= 15 is 0 Å². The minimum atomic E-state index is -1.06. The summed E-state index contributed by atoms with van der Waals surface area (Å²) >= 11 is 0. The minimum Gasteiger partial charge on any atom is -0.480 e. The van der Waals surface area contributed by atoms with Gasteiger partial charge in [-0.2, -0.15) is 0 Å². The van der Waals surface area contributed by atoms with Crippen molar-refractivity contribution >= 4 is 18.0 Å². The molecule has 2 atom stereocenters. The molecule has 0 bridgehead atoms. The molecule has 0 radical (unpaired) electrons. The Balaban J connectivity index is 3.00. The molecule has 0 aliphatic carbocycles. The zero-order chi connectivity index (χ0) is 19.6. The fraction of sp³-hybridized carbons (Fsp3) is 0.833. The lowest BCUT2D eigenvalue weighted by Crippen LogP contribution is -2.57. The number of hydrogen-bond donors (Lipinski definition) is 1. The van der Waals surface area contributed by atoms with Crippen molar-refractivity contribution in [2.24, 2.45) is 11.3 Å². The number of ether oxygens (including phenoxy) is 1. The monoisotopic (exact) mass is 356 g/mol. The molecule has 0 aromatic heterocycles. The van der Waals surface area contributed by atoms with E-state index in [9.17, 15) is 19.5 Å². The number of carboxylic acids is 1. The van der Waals surface area contributed by atoms with Crippen molar-refractivity contribution in [3.8, 4) is 0 Å². The summed E-state index contributed by atoms with van der Waals surface area (Å²) < 4.78 is 5.43. The molecule has 0 aromatic carbocycles. The average molecular weight is 356 g/mol. The van der Waals surface area contributed by atoms with Crippen LogP contribution in [0.1, 0.15) is 54.9 Å². The maximum atomic E-state index is 12.7. The zero-order valence-electron chi connectivity index (χ0n) is 16.5. The van der Waals surface area contributed by atoms with E-state index in [1.807, 2.05) is 6.92 Å². The van der Waals surface area contributed by atoms with E-state index in [0.29, 0.717) is 13.0 Å². The van der Waals surface area contributed by atoms with Crippen LogP contribution >= 0.6 is 0 Å². The van der Waals surface area contributed by atoms with Crippen LogP contribution in [0.25, 0.3) is 0 Å². The van der Waals surface area contributed by atoms with Gasteiger partial charge in [0.2, 0.25) is 5.91 Å². The van der Waals surface area contributed by atoms with Crippen LogP contribution < -0.4 is 0 Å². The highest BCUT2D eigenvalue weighted by atomic mass is 16.6. The molecule has 7 nitrogen and oxygen atoms in total. The third kappa shape index (κ3) is 6.55. The Morgan fingerprint density at radius 1 is 1.12 bits per heavy atom. The Labute approximate surface area is 150 Å². The summed E-state index contributed by atoms with van der Waals surface area (Å²) in [6, 6.07) is -0.334. The first-order valence-electron chi connectivity index (χ1n) is 8.71. The van der Waals surface area contributed by atoms with E-state index in [1.54, 1.807) is 46.4 Å². The molecule has 0 unspecified atom stereocenters. The van der Waals surface area contributed by atoms with Gasteiger partial charge in [-0.15, -0.1) is 0 Å². The fourth-order valence-electron chi connectivity index (χ4n) is 2.96. The number of piperidine rings is 1. The van der Waals surface area contributed by atoms with Gasteiger partial charge >= 0.3 is 12.1 Å². The van der Waals surface area contributed by atoms with Gasteiger partial charge in [0, 0.05) is 18.5 Å². The number of aliphatic carboxylic acids is 1. The van der Waals surface area contributed by atoms with Gasteiger partial charge in [-0.25, -0.2) is 4.79 Å². The lowest BCUT2D eigenvalue weighted by Gasteiger charge is -2.43. The molecule has 1 saturated heterocycles. The normalized spacial score (nSPS) is 21.6. The zero-order valence-corrected chi connectivity index (χ0v) is 16.5. The summed E-state index contributed by atoms with van der Waals surface area (Å²) in [5.74, 6) is -1.13. The van der Waals surface area contributed by atoms with Crippen LogP contribution in [-0.2, 0) is 14.3 Å². The Morgan fingerprint density at radius 2 is 1.68 bits per heavy atom. The van der Waals surface area contributed by atoms with Crippen molar-refractivity contribution in [3.63, 3.8) is 0 Å². The van der Waals surface area contributed by atoms with Crippen LogP contribution in [0.3, 0.4) is 0 Å². The lowest BCUT2D eigenvalue weighted by molar-refractivity contribution is -0.152. The number of likely N-dealkylation sites (tertiary alicyclic amines) is 1. The Hall–Kier alpha value is -1.79. The lowest BCUT2D eigenvalue weighted by atomic mass is 9.90. The van der Waals surface area contributed by atoms with Crippen LogP contribution in [0.15, 0.2) is 0 Å². The van der Waals surface area contributed by atoms with Gasteiger partial charge in [-0.1, -0.05) is 27.7 Å². The molecule has 25 heavy (non-hydrogen) atoms. The van der Waals surface area contributed by atoms with Crippen LogP contribution in [0, 0.1) is 11.3 Å². The van der Waals surface area contributed by atoms with E-state index in [-0.39, 0.29) is 31.0 Å². The standard InChI is InChI=1S/C18H32N2O5/c1-12-8-13(10-19(9-12)16(24)25-18(5,6)7)20(11-14(21)22)15(23)17(2,3)4/h12-13H,8-11H2,1-7H3,(H,21,22)/t12-,13-/m0/s1. The molecular weight excluding hydrogens is 324 g/mol. The molecule has 144 valence electrons. The van der Waals surface area contributed by atoms with Crippen molar-refractivity contribution in [2.45, 2.75) is 66.5 Å². The second kappa shape index (κ2) is 7.62. The van der Waals surface area contributed by atoms with E-state index in [1.165, 1.54) is 4.90 Å². The Kier molecular flexibility index (Phi) is 6.48. The van der Waals surface area contributed by atoms with Gasteiger partial charge in [-0.3, -0.25) is 9.59 Å². The van der Waals surface area contributed by atoms with Crippen molar-refractivity contribution in [3.05, 3.63) is 0 Å². The average Bonchev–Trinajstić information content (AvgIpc) is 2.40. The van der Waals surface area contributed by atoms with Crippen molar-refractivity contribution in [1.82, 2.24) is 9.80 Å². The van der Waals surface area contributed by atoms with Crippen LogP contribution in [-0.4, -0.2) is 64.2 Å². The molecule has 1 aliphatic rings. The van der Waals surface area contributed by atoms with E-state index < -0.39 is 23.1 Å². The van der Waals surface area contributed by atoms with Gasteiger partial charge in [0.15, 0.2) is 0 Å². The summed E-state index contributed by atoms with van der Waals surface area (Å²) in [6.45, 7) is 13.1. The number of nitrogens with zero attached hydrogens (tertiary/aromatic N) is 2. The highest BCUT2D eigenvalue weighted by Crippen LogP contribution is 2.26. The first-order chi connectivity index (χ1) is 11.2. The Morgan fingerprint density at radius 3 is 2.12 bits per heavy atom. The molecule has 1 heterocycles. The predicted molar refractivity (Wildman–Crippen MR) is 94.2 cm³/mol. The number of carboxylic acid groups (broad SMARTS) is 1. The third-order valence-corrected chi connectivity index (χ3v) is 3.94. The maximum absolute atomic E-state index is 12.7. The Bertz CT molecular complexity index is 519. The summed E-state index contributed by atoms with van der Waals surface area (Å²) in [4.78, 5) is 39.4. The van der Waals surface area contributed by atoms with Gasteiger partial charge < -0.3 is 19.6 Å². The van der Waals surface area contributed by atoms with Gasteiger partial charge in [0.25, 0.3) is 0 Å². The summed E-state index contributed by atoms with van der Waals surface area (Å²) in [6.07, 6.45) is 0.233. The molecule has 0 aromatic rings. The van der Waals surface area contributed by atoms with Crippen LogP contribution in [0.2, 0.25) is 0 Å². The van der Waals surface area contributed by atoms with Crippen LogP contribution in [0.4, 0.5) is 4.79 Å². The molecule has 2 amide bonds. The number of amides is 2. The SMILES string of the molecule is C[C@H]1C[C@H](N(CC(=O)O)C(=O)C(C)(C)C)CN(C(=O)OC(C)(C)C)C1. The fourth-order valence-corrected chi connectivity index (χ4v) is 2.96. The van der Waals surface area contributed by atoms with Crippen molar-refractivity contribution in [1.29, 1.82) is 0 Å². The first kappa shape index (κ1) is 21.3. The molecular formula is C18H32N2O5. The van der Waals surface area contributed by atoms with E-state index in [4.69, 9.17) is 4.74 Å².